The van der Waals surface area contributed by atoms with Gasteiger partial charge in [-0.1, -0.05) is 36.8 Å². The van der Waals surface area contributed by atoms with Gasteiger partial charge in [-0.05, 0) is 37.5 Å². The second-order valence-electron chi connectivity index (χ2n) is 6.93. The smallest absolute Gasteiger partial charge is 0.269 e. The predicted octanol–water partition coefficient (Wildman–Crippen LogP) is 3.43. The number of aromatic nitrogens is 3. The zero-order valence-corrected chi connectivity index (χ0v) is 14.9. The maximum atomic E-state index is 12.7. The minimum absolute atomic E-state index is 0.0649. The Labute approximate surface area is 153 Å². The molecule has 1 aromatic carbocycles. The maximum absolute atomic E-state index is 12.7. The Balaban J connectivity index is 1.50. The molecule has 1 N–H and O–H groups in total. The minimum atomic E-state index is -0.133. The lowest BCUT2D eigenvalue weighted by molar-refractivity contribution is 0.0923. The molecule has 2 heterocycles. The van der Waals surface area contributed by atoms with Gasteiger partial charge < -0.3 is 9.88 Å². The summed E-state index contributed by atoms with van der Waals surface area (Å²) >= 11 is 0. The van der Waals surface area contributed by atoms with Gasteiger partial charge in [0.1, 0.15) is 11.5 Å². The van der Waals surface area contributed by atoms with Crippen molar-refractivity contribution in [3.8, 4) is 5.69 Å². The number of hydrogen-bond donors (Lipinski definition) is 1. The van der Waals surface area contributed by atoms with Gasteiger partial charge in [0.15, 0.2) is 0 Å². The van der Waals surface area contributed by atoms with E-state index in [1.807, 2.05) is 29.8 Å². The maximum Gasteiger partial charge on any atom is 0.269 e. The first-order valence-electron chi connectivity index (χ1n) is 8.98. The number of amides is 1. The Morgan fingerprint density at radius 2 is 1.96 bits per heavy atom. The van der Waals surface area contributed by atoms with Crippen LogP contribution in [0.4, 0.5) is 0 Å². The van der Waals surface area contributed by atoms with Crippen LogP contribution in [0.2, 0.25) is 0 Å². The van der Waals surface area contributed by atoms with Gasteiger partial charge in [0, 0.05) is 30.6 Å². The molecule has 1 amide bonds. The Kier molecular flexibility index (Phi) is 4.29. The van der Waals surface area contributed by atoms with Crippen LogP contribution in [-0.2, 0) is 5.41 Å². The number of nitrogens with one attached hydrogen (secondary N) is 1. The summed E-state index contributed by atoms with van der Waals surface area (Å²) in [5.74, 6) is 0.742. The summed E-state index contributed by atoms with van der Waals surface area (Å²) < 4.78 is 1.94. The SMILES string of the molecule is Cc1nccn1-c1ccnc(C(=O)NCC2(c3ccccc3)CCC2)c1. The zero-order valence-electron chi connectivity index (χ0n) is 14.9. The normalized spacial score (nSPS) is 15.3. The highest BCUT2D eigenvalue weighted by molar-refractivity contribution is 5.92. The summed E-state index contributed by atoms with van der Waals surface area (Å²) in [6, 6.07) is 14.2. The molecule has 0 unspecified atom stereocenters. The summed E-state index contributed by atoms with van der Waals surface area (Å²) in [7, 11) is 0. The number of benzene rings is 1. The summed E-state index contributed by atoms with van der Waals surface area (Å²) in [6.45, 7) is 2.58. The molecular weight excluding hydrogens is 324 g/mol. The van der Waals surface area contributed by atoms with Crippen molar-refractivity contribution in [2.24, 2.45) is 0 Å². The van der Waals surface area contributed by atoms with Crippen molar-refractivity contribution in [3.05, 3.63) is 78.1 Å². The summed E-state index contributed by atoms with van der Waals surface area (Å²) in [5, 5.41) is 3.10. The Morgan fingerprint density at radius 1 is 1.15 bits per heavy atom. The third-order valence-corrected chi connectivity index (χ3v) is 5.36. The van der Waals surface area contributed by atoms with Gasteiger partial charge in [0.2, 0.25) is 0 Å². The fraction of sp³-hybridized carbons (Fsp3) is 0.286. The molecule has 26 heavy (non-hydrogen) atoms. The fourth-order valence-corrected chi connectivity index (χ4v) is 3.65. The molecule has 5 nitrogen and oxygen atoms in total. The van der Waals surface area contributed by atoms with Crippen LogP contribution in [0.1, 0.15) is 41.1 Å². The van der Waals surface area contributed by atoms with Crippen LogP contribution in [0.15, 0.2) is 61.1 Å². The average molecular weight is 346 g/mol. The van der Waals surface area contributed by atoms with Crippen LogP contribution < -0.4 is 5.32 Å². The second kappa shape index (κ2) is 6.75. The fourth-order valence-electron chi connectivity index (χ4n) is 3.65. The van der Waals surface area contributed by atoms with Crippen molar-refractivity contribution >= 4 is 5.91 Å². The molecular formula is C21H22N4O. The Morgan fingerprint density at radius 3 is 2.62 bits per heavy atom. The van der Waals surface area contributed by atoms with Crippen molar-refractivity contribution in [2.45, 2.75) is 31.6 Å². The van der Waals surface area contributed by atoms with Crippen LogP contribution in [0.25, 0.3) is 5.69 Å². The number of imidazole rings is 1. The van der Waals surface area contributed by atoms with E-state index < -0.39 is 0 Å². The number of hydrogen-bond acceptors (Lipinski definition) is 3. The summed E-state index contributed by atoms with van der Waals surface area (Å²) in [5.41, 5.74) is 2.69. The van der Waals surface area contributed by atoms with Crippen LogP contribution in [0, 0.1) is 6.92 Å². The van der Waals surface area contributed by atoms with Gasteiger partial charge in [-0.2, -0.15) is 0 Å². The molecule has 132 valence electrons. The highest BCUT2D eigenvalue weighted by atomic mass is 16.1. The van der Waals surface area contributed by atoms with Gasteiger partial charge >= 0.3 is 0 Å². The van der Waals surface area contributed by atoms with Crippen molar-refractivity contribution < 1.29 is 4.79 Å². The number of rotatable bonds is 5. The second-order valence-corrected chi connectivity index (χ2v) is 6.93. The molecule has 2 aromatic heterocycles. The monoisotopic (exact) mass is 346 g/mol. The van der Waals surface area contributed by atoms with E-state index in [2.05, 4.69) is 39.6 Å². The standard InChI is InChI=1S/C21H22N4O/c1-16-22-12-13-25(16)18-8-11-23-19(14-18)20(26)24-15-21(9-5-10-21)17-6-3-2-4-7-17/h2-4,6-8,11-14H,5,9-10,15H2,1H3,(H,24,26). The lowest BCUT2D eigenvalue weighted by Crippen LogP contribution is -2.45. The van der Waals surface area contributed by atoms with E-state index in [0.717, 1.165) is 24.4 Å². The third kappa shape index (κ3) is 3.01. The molecule has 1 saturated carbocycles. The first-order valence-corrected chi connectivity index (χ1v) is 8.98. The predicted molar refractivity (Wildman–Crippen MR) is 100 cm³/mol. The first kappa shape index (κ1) is 16.5. The molecule has 0 bridgehead atoms. The third-order valence-electron chi connectivity index (χ3n) is 5.36. The number of nitrogens with zero attached hydrogens (tertiary/aromatic N) is 3. The molecule has 1 aliphatic rings. The quantitative estimate of drug-likeness (QED) is 0.770. The van der Waals surface area contributed by atoms with Gasteiger partial charge in [0.05, 0.1) is 5.69 Å². The molecule has 5 heteroatoms. The molecule has 0 aliphatic heterocycles. The summed E-state index contributed by atoms with van der Waals surface area (Å²) in [6.07, 6.45) is 8.72. The van der Waals surface area contributed by atoms with Gasteiger partial charge in [-0.25, -0.2) is 4.98 Å². The number of carbonyl (C=O) groups excluding carboxylic acids is 1. The van der Waals surface area contributed by atoms with Gasteiger partial charge in [0.25, 0.3) is 5.91 Å². The van der Waals surface area contributed by atoms with E-state index >= 15 is 0 Å². The molecule has 0 radical (unpaired) electrons. The molecule has 3 aromatic rings. The number of pyridine rings is 1. The lowest BCUT2D eigenvalue weighted by Gasteiger charge is -2.42. The van der Waals surface area contributed by atoms with E-state index in [0.29, 0.717) is 12.2 Å². The van der Waals surface area contributed by atoms with Crippen molar-refractivity contribution in [1.82, 2.24) is 19.9 Å². The Hall–Kier alpha value is -2.95. The average Bonchev–Trinajstić information content (AvgIpc) is 3.08. The van der Waals surface area contributed by atoms with E-state index in [1.54, 1.807) is 18.5 Å². The first-order chi connectivity index (χ1) is 12.7. The molecule has 0 spiro atoms. The van der Waals surface area contributed by atoms with Gasteiger partial charge in [-0.15, -0.1) is 0 Å². The van der Waals surface area contributed by atoms with Crippen LogP contribution in [-0.4, -0.2) is 27.0 Å². The van der Waals surface area contributed by atoms with Crippen LogP contribution >= 0.6 is 0 Å². The van der Waals surface area contributed by atoms with E-state index in [9.17, 15) is 4.79 Å². The topological polar surface area (TPSA) is 59.8 Å². The van der Waals surface area contributed by atoms with Crippen molar-refractivity contribution in [3.63, 3.8) is 0 Å². The summed E-state index contributed by atoms with van der Waals surface area (Å²) in [4.78, 5) is 21.2. The van der Waals surface area contributed by atoms with Crippen molar-refractivity contribution in [2.75, 3.05) is 6.54 Å². The largest absolute Gasteiger partial charge is 0.350 e. The van der Waals surface area contributed by atoms with Gasteiger partial charge in [-0.3, -0.25) is 9.78 Å². The molecule has 0 saturated heterocycles. The molecule has 0 atom stereocenters. The van der Waals surface area contributed by atoms with E-state index in [-0.39, 0.29) is 11.3 Å². The highest BCUT2D eigenvalue weighted by Gasteiger charge is 2.38. The molecule has 4 rings (SSSR count). The highest BCUT2D eigenvalue weighted by Crippen LogP contribution is 2.43. The molecule has 1 fully saturated rings. The van der Waals surface area contributed by atoms with E-state index in [1.165, 1.54) is 12.0 Å². The Bertz CT molecular complexity index is 913. The van der Waals surface area contributed by atoms with E-state index in [4.69, 9.17) is 0 Å². The minimum Gasteiger partial charge on any atom is -0.350 e. The number of aryl methyl sites for hydroxylation is 1. The van der Waals surface area contributed by atoms with Crippen LogP contribution in [0.3, 0.4) is 0 Å². The van der Waals surface area contributed by atoms with Crippen LogP contribution in [0.5, 0.6) is 0 Å². The number of carbonyl (C=O) groups is 1. The molecule has 1 aliphatic carbocycles. The van der Waals surface area contributed by atoms with Crippen molar-refractivity contribution in [1.29, 1.82) is 0 Å². The lowest BCUT2D eigenvalue weighted by atomic mass is 9.64. The zero-order chi connectivity index (χ0) is 18.0.